The van der Waals surface area contributed by atoms with Crippen molar-refractivity contribution in [2.75, 3.05) is 7.05 Å². The van der Waals surface area contributed by atoms with Crippen molar-refractivity contribution in [3.63, 3.8) is 0 Å². The van der Waals surface area contributed by atoms with Crippen molar-refractivity contribution in [2.24, 2.45) is 0 Å². The van der Waals surface area contributed by atoms with Gasteiger partial charge in [-0.15, -0.1) is 0 Å². The lowest BCUT2D eigenvalue weighted by molar-refractivity contribution is 0.219. The summed E-state index contributed by atoms with van der Waals surface area (Å²) in [4.78, 5) is 0. The molecule has 1 aromatic rings. The fourth-order valence-corrected chi connectivity index (χ4v) is 1.27. The van der Waals surface area contributed by atoms with Crippen molar-refractivity contribution in [1.82, 2.24) is 5.32 Å². The Balaban J connectivity index is 2.98. The summed E-state index contributed by atoms with van der Waals surface area (Å²) in [6.07, 6.45) is -0.246. The topological polar surface area (TPSA) is 21.3 Å². The second-order valence-corrected chi connectivity index (χ2v) is 3.59. The average molecular weight is 215 g/mol. The van der Waals surface area contributed by atoms with E-state index in [-0.39, 0.29) is 11.9 Å². The Kier molecular flexibility index (Phi) is 4.03. The molecule has 0 aliphatic heterocycles. The van der Waals surface area contributed by atoms with E-state index in [9.17, 15) is 8.78 Å². The predicted octanol–water partition coefficient (Wildman–Crippen LogP) is 2.47. The van der Waals surface area contributed by atoms with Gasteiger partial charge in [-0.2, -0.15) is 0 Å². The molecule has 1 aromatic carbocycles. The van der Waals surface area contributed by atoms with Gasteiger partial charge in [-0.3, -0.25) is 0 Å². The monoisotopic (exact) mass is 215 g/mol. The molecule has 0 heterocycles. The van der Waals surface area contributed by atoms with Crippen molar-refractivity contribution in [1.29, 1.82) is 0 Å². The fraction of sp³-hybridized carbons (Fsp3) is 0.455. The highest BCUT2D eigenvalue weighted by Gasteiger charge is 2.13. The largest absolute Gasteiger partial charge is 0.485 e. The lowest BCUT2D eigenvalue weighted by Gasteiger charge is -2.12. The number of halogens is 2. The number of benzene rings is 1. The van der Waals surface area contributed by atoms with Gasteiger partial charge in [0.05, 0.1) is 6.10 Å². The summed E-state index contributed by atoms with van der Waals surface area (Å²) in [5.41, 5.74) is 0.559. The quantitative estimate of drug-likeness (QED) is 0.833. The second-order valence-electron chi connectivity index (χ2n) is 3.59. The molecule has 15 heavy (non-hydrogen) atoms. The molecule has 0 spiro atoms. The summed E-state index contributed by atoms with van der Waals surface area (Å²) in [6.45, 7) is 3.87. The van der Waals surface area contributed by atoms with Gasteiger partial charge in [0.15, 0.2) is 17.4 Å². The van der Waals surface area contributed by atoms with Crippen LogP contribution in [0.3, 0.4) is 0 Å². The molecule has 0 saturated carbocycles. The zero-order valence-corrected chi connectivity index (χ0v) is 9.10. The molecule has 0 radical (unpaired) electrons. The molecule has 2 nitrogen and oxygen atoms in total. The van der Waals surface area contributed by atoms with E-state index in [1.54, 1.807) is 20.9 Å². The maximum absolute atomic E-state index is 13.4. The predicted molar refractivity (Wildman–Crippen MR) is 54.9 cm³/mol. The van der Waals surface area contributed by atoms with E-state index >= 15 is 0 Å². The molecule has 0 aromatic heterocycles. The first kappa shape index (κ1) is 11.9. The molecule has 0 saturated heterocycles. The van der Waals surface area contributed by atoms with Crippen molar-refractivity contribution in [2.45, 2.75) is 26.5 Å². The molecule has 0 atom stereocenters. The highest BCUT2D eigenvalue weighted by atomic mass is 19.1. The first-order chi connectivity index (χ1) is 7.04. The van der Waals surface area contributed by atoms with Crippen LogP contribution < -0.4 is 10.1 Å². The van der Waals surface area contributed by atoms with Crippen LogP contribution in [0, 0.1) is 11.6 Å². The lowest BCUT2D eigenvalue weighted by Crippen LogP contribution is -2.10. The fourth-order valence-electron chi connectivity index (χ4n) is 1.27. The molecule has 1 N–H and O–H groups in total. The van der Waals surface area contributed by atoms with E-state index in [2.05, 4.69) is 5.32 Å². The van der Waals surface area contributed by atoms with Crippen LogP contribution in [0.4, 0.5) is 8.78 Å². The van der Waals surface area contributed by atoms with Crippen LogP contribution in [0.25, 0.3) is 0 Å². The molecular formula is C11H15F2NO. The summed E-state index contributed by atoms with van der Waals surface area (Å²) in [5.74, 6) is -1.62. The van der Waals surface area contributed by atoms with Gasteiger partial charge in [-0.05, 0) is 38.6 Å². The first-order valence-electron chi connectivity index (χ1n) is 4.83. The summed E-state index contributed by atoms with van der Waals surface area (Å²) in [7, 11) is 1.72. The molecule has 1 rings (SSSR count). The number of ether oxygens (including phenoxy) is 1. The number of hydrogen-bond donors (Lipinski definition) is 1. The Hall–Kier alpha value is -1.16. The summed E-state index contributed by atoms with van der Waals surface area (Å²) < 4.78 is 31.8. The van der Waals surface area contributed by atoms with E-state index < -0.39 is 11.6 Å². The molecule has 0 unspecified atom stereocenters. The van der Waals surface area contributed by atoms with Crippen molar-refractivity contribution < 1.29 is 13.5 Å². The van der Waals surface area contributed by atoms with Crippen LogP contribution in [-0.4, -0.2) is 13.2 Å². The van der Waals surface area contributed by atoms with Gasteiger partial charge >= 0.3 is 0 Å². The Labute approximate surface area is 88.3 Å². The van der Waals surface area contributed by atoms with Gasteiger partial charge < -0.3 is 10.1 Å². The minimum Gasteiger partial charge on any atom is -0.485 e. The Morgan fingerprint density at radius 3 is 2.20 bits per heavy atom. The van der Waals surface area contributed by atoms with Crippen LogP contribution in [0.2, 0.25) is 0 Å². The molecule has 4 heteroatoms. The second kappa shape index (κ2) is 5.07. The highest BCUT2D eigenvalue weighted by molar-refractivity contribution is 5.31. The molecule has 0 aliphatic rings. The SMILES string of the molecule is CNCc1cc(F)c(OC(C)C)c(F)c1. The first-order valence-corrected chi connectivity index (χ1v) is 4.83. The maximum atomic E-state index is 13.4. The van der Waals surface area contributed by atoms with Gasteiger partial charge in [0.2, 0.25) is 0 Å². The molecule has 0 bridgehead atoms. The Morgan fingerprint density at radius 2 is 1.80 bits per heavy atom. The van der Waals surface area contributed by atoms with Crippen LogP contribution >= 0.6 is 0 Å². The smallest absolute Gasteiger partial charge is 0.191 e. The van der Waals surface area contributed by atoms with Gasteiger partial charge in [0, 0.05) is 6.54 Å². The number of rotatable bonds is 4. The van der Waals surface area contributed by atoms with Crippen LogP contribution in [0.15, 0.2) is 12.1 Å². The Morgan fingerprint density at radius 1 is 1.27 bits per heavy atom. The van der Waals surface area contributed by atoms with Crippen molar-refractivity contribution >= 4 is 0 Å². The van der Waals surface area contributed by atoms with E-state index in [4.69, 9.17) is 4.74 Å². The van der Waals surface area contributed by atoms with Gasteiger partial charge in [0.25, 0.3) is 0 Å². The maximum Gasteiger partial charge on any atom is 0.191 e. The molecule has 0 amide bonds. The molecule has 84 valence electrons. The molecular weight excluding hydrogens is 200 g/mol. The third-order valence-electron chi connectivity index (χ3n) is 1.79. The third kappa shape index (κ3) is 3.16. The number of hydrogen-bond acceptors (Lipinski definition) is 2. The minimum absolute atomic E-state index is 0.246. The van der Waals surface area contributed by atoms with E-state index in [0.29, 0.717) is 12.1 Å². The van der Waals surface area contributed by atoms with Crippen LogP contribution in [0.1, 0.15) is 19.4 Å². The van der Waals surface area contributed by atoms with Crippen molar-refractivity contribution in [3.05, 3.63) is 29.3 Å². The summed E-state index contributed by atoms with van der Waals surface area (Å²) in [5, 5.41) is 2.82. The van der Waals surface area contributed by atoms with Crippen LogP contribution in [0.5, 0.6) is 5.75 Å². The standard InChI is InChI=1S/C11H15F2NO/c1-7(2)15-11-9(12)4-8(6-14-3)5-10(11)13/h4-5,7,14H,6H2,1-3H3. The summed E-state index contributed by atoms with van der Waals surface area (Å²) in [6, 6.07) is 2.55. The lowest BCUT2D eigenvalue weighted by atomic mass is 10.2. The third-order valence-corrected chi connectivity index (χ3v) is 1.79. The zero-order valence-electron chi connectivity index (χ0n) is 9.10. The zero-order chi connectivity index (χ0) is 11.4. The Bertz CT molecular complexity index is 316. The van der Waals surface area contributed by atoms with Crippen LogP contribution in [-0.2, 0) is 6.54 Å². The molecule has 0 fully saturated rings. The summed E-state index contributed by atoms with van der Waals surface area (Å²) >= 11 is 0. The highest BCUT2D eigenvalue weighted by Crippen LogP contribution is 2.24. The van der Waals surface area contributed by atoms with Gasteiger partial charge in [-0.25, -0.2) is 8.78 Å². The van der Waals surface area contributed by atoms with E-state index in [1.165, 1.54) is 12.1 Å². The average Bonchev–Trinajstić information content (AvgIpc) is 2.11. The molecule has 0 aliphatic carbocycles. The van der Waals surface area contributed by atoms with Gasteiger partial charge in [-0.1, -0.05) is 0 Å². The van der Waals surface area contributed by atoms with Crippen molar-refractivity contribution in [3.8, 4) is 5.75 Å². The van der Waals surface area contributed by atoms with E-state index in [1.807, 2.05) is 0 Å². The van der Waals surface area contributed by atoms with E-state index in [0.717, 1.165) is 0 Å². The number of nitrogens with one attached hydrogen (secondary N) is 1. The minimum atomic E-state index is -0.658. The normalized spacial score (nSPS) is 10.8. The van der Waals surface area contributed by atoms with Gasteiger partial charge in [0.1, 0.15) is 0 Å².